The van der Waals surface area contributed by atoms with Gasteiger partial charge >= 0.3 is 5.97 Å². The van der Waals surface area contributed by atoms with Crippen LogP contribution in [0.4, 0.5) is 0 Å². The summed E-state index contributed by atoms with van der Waals surface area (Å²) in [5.41, 5.74) is 0. The first kappa shape index (κ1) is 25.4. The smallest absolute Gasteiger partial charge is 0.330 e. The molecule has 3 rings (SSSR count). The third kappa shape index (κ3) is 6.43. The Balaban J connectivity index is 1.43. The zero-order chi connectivity index (χ0) is 23.8. The molecule has 3 atom stereocenters. The molecule has 0 spiro atoms. The van der Waals surface area contributed by atoms with Crippen LogP contribution in [0.5, 0.6) is 5.75 Å². The van der Waals surface area contributed by atoms with Crippen molar-refractivity contribution in [2.45, 2.75) is 87.9 Å². The lowest BCUT2D eigenvalue weighted by atomic mass is 9.96. The van der Waals surface area contributed by atoms with Crippen molar-refractivity contribution in [2.75, 3.05) is 13.2 Å². The number of esters is 1. The van der Waals surface area contributed by atoms with Crippen molar-refractivity contribution in [3.05, 3.63) is 30.3 Å². The van der Waals surface area contributed by atoms with E-state index in [1.54, 1.807) is 17.0 Å². The number of amides is 2. The van der Waals surface area contributed by atoms with Crippen LogP contribution in [0.15, 0.2) is 30.3 Å². The van der Waals surface area contributed by atoms with Crippen molar-refractivity contribution in [1.29, 1.82) is 0 Å². The molecule has 1 unspecified atom stereocenters. The lowest BCUT2D eigenvalue weighted by Gasteiger charge is -2.43. The summed E-state index contributed by atoms with van der Waals surface area (Å²) in [6.07, 6.45) is 8.04. The molecule has 33 heavy (non-hydrogen) atoms. The summed E-state index contributed by atoms with van der Waals surface area (Å²) < 4.78 is 10.5. The van der Waals surface area contributed by atoms with E-state index < -0.39 is 16.8 Å². The number of ether oxygens (including phenoxy) is 2. The highest BCUT2D eigenvalue weighted by molar-refractivity contribution is 8.01. The Labute approximate surface area is 200 Å². The molecule has 2 aliphatic heterocycles. The summed E-state index contributed by atoms with van der Waals surface area (Å²) in [5, 5.41) is 2.48. The quantitative estimate of drug-likeness (QED) is 0.264. The van der Waals surface area contributed by atoms with Crippen LogP contribution >= 0.6 is 11.8 Å². The van der Waals surface area contributed by atoms with E-state index in [2.05, 4.69) is 12.2 Å². The fourth-order valence-electron chi connectivity index (χ4n) is 4.32. The van der Waals surface area contributed by atoms with Gasteiger partial charge in [0.1, 0.15) is 23.2 Å². The first-order chi connectivity index (χ1) is 15.8. The number of hydrogen-bond donors (Lipinski definition) is 1. The molecular formula is C25H36N2O5S. The lowest BCUT2D eigenvalue weighted by molar-refractivity contribution is -0.164. The van der Waals surface area contributed by atoms with Crippen molar-refractivity contribution in [3.8, 4) is 5.75 Å². The molecule has 0 aromatic heterocycles. The third-order valence-electron chi connectivity index (χ3n) is 6.09. The molecule has 0 aliphatic carbocycles. The van der Waals surface area contributed by atoms with Gasteiger partial charge in [-0.2, -0.15) is 0 Å². The Morgan fingerprint density at radius 3 is 2.42 bits per heavy atom. The van der Waals surface area contributed by atoms with Crippen molar-refractivity contribution < 1.29 is 23.9 Å². The van der Waals surface area contributed by atoms with E-state index in [4.69, 9.17) is 9.47 Å². The molecule has 1 N–H and O–H groups in total. The number of nitrogens with one attached hydrogen (secondary N) is 1. The van der Waals surface area contributed by atoms with Gasteiger partial charge in [-0.25, -0.2) is 4.79 Å². The van der Waals surface area contributed by atoms with Gasteiger partial charge in [0.15, 0.2) is 6.61 Å². The van der Waals surface area contributed by atoms with Crippen molar-refractivity contribution in [1.82, 2.24) is 10.2 Å². The maximum absolute atomic E-state index is 12.8. The van der Waals surface area contributed by atoms with Gasteiger partial charge in [0, 0.05) is 4.75 Å². The van der Waals surface area contributed by atoms with Crippen molar-refractivity contribution in [2.24, 2.45) is 0 Å². The zero-order valence-electron chi connectivity index (χ0n) is 19.9. The van der Waals surface area contributed by atoms with Gasteiger partial charge in [-0.1, -0.05) is 63.6 Å². The van der Waals surface area contributed by atoms with Crippen LogP contribution in [0.1, 0.15) is 65.7 Å². The molecule has 1 aromatic rings. The molecule has 1 aromatic carbocycles. The summed E-state index contributed by atoms with van der Waals surface area (Å²) in [7, 11) is 0. The average molecular weight is 477 g/mol. The number of para-hydroxylation sites is 1. The number of carbonyl (C=O) groups excluding carboxylic acids is 3. The topological polar surface area (TPSA) is 84.9 Å². The highest BCUT2D eigenvalue weighted by Crippen LogP contribution is 2.51. The summed E-state index contributed by atoms with van der Waals surface area (Å²) in [5.74, 6) is -0.370. The maximum Gasteiger partial charge on any atom is 0.330 e. The highest BCUT2D eigenvalue weighted by Gasteiger charge is 2.64. The van der Waals surface area contributed by atoms with Crippen LogP contribution in [-0.4, -0.2) is 58.1 Å². The van der Waals surface area contributed by atoms with Gasteiger partial charge in [-0.3, -0.25) is 9.59 Å². The molecule has 0 saturated carbocycles. The molecular weight excluding hydrogens is 440 g/mol. The monoisotopic (exact) mass is 476 g/mol. The van der Waals surface area contributed by atoms with E-state index in [-0.39, 0.29) is 29.8 Å². The number of benzene rings is 1. The number of fused-ring (bicyclic) bond motifs is 1. The molecule has 7 nitrogen and oxygen atoms in total. The summed E-state index contributed by atoms with van der Waals surface area (Å²) in [6.45, 7) is 6.30. The van der Waals surface area contributed by atoms with E-state index in [1.807, 2.05) is 32.0 Å². The molecule has 2 saturated heterocycles. The standard InChI is InChI=1S/C25H36N2O5S/c1-4-5-6-7-8-9-13-16-31-24(30)21-25(2,3)33-23-20(22(29)27(21)23)26-19(28)17-32-18-14-11-10-12-15-18/h10-12,14-15,20-21,23H,4-9,13,16-17H2,1-3H3,(H,26,28)/t20?,21-,23+/m0/s1. The molecule has 182 valence electrons. The van der Waals surface area contributed by atoms with Gasteiger partial charge in [0.2, 0.25) is 5.91 Å². The number of β-lactam (4-membered cyclic amide) rings is 1. The van der Waals surface area contributed by atoms with Gasteiger partial charge in [0.25, 0.3) is 5.91 Å². The van der Waals surface area contributed by atoms with Crippen LogP contribution < -0.4 is 10.1 Å². The molecule has 2 fully saturated rings. The number of unbranched alkanes of at least 4 members (excludes halogenated alkanes) is 6. The van der Waals surface area contributed by atoms with E-state index in [0.29, 0.717) is 12.4 Å². The van der Waals surface area contributed by atoms with E-state index in [0.717, 1.165) is 19.3 Å². The van der Waals surface area contributed by atoms with Gasteiger partial charge in [-0.05, 0) is 32.4 Å². The second-order valence-electron chi connectivity index (χ2n) is 9.20. The largest absolute Gasteiger partial charge is 0.484 e. The number of nitrogens with zero attached hydrogens (tertiary/aromatic N) is 1. The minimum Gasteiger partial charge on any atom is -0.484 e. The van der Waals surface area contributed by atoms with Gasteiger partial charge < -0.3 is 19.7 Å². The maximum atomic E-state index is 12.8. The summed E-state index contributed by atoms with van der Waals surface area (Å²) in [4.78, 5) is 39.5. The highest BCUT2D eigenvalue weighted by atomic mass is 32.2. The third-order valence-corrected chi connectivity index (χ3v) is 7.66. The van der Waals surface area contributed by atoms with Crippen LogP contribution in [0.2, 0.25) is 0 Å². The van der Waals surface area contributed by atoms with Crippen molar-refractivity contribution in [3.63, 3.8) is 0 Å². The summed E-state index contributed by atoms with van der Waals surface area (Å²) >= 11 is 1.53. The minimum absolute atomic E-state index is 0.168. The Morgan fingerprint density at radius 1 is 1.06 bits per heavy atom. The molecule has 0 radical (unpaired) electrons. The van der Waals surface area contributed by atoms with E-state index >= 15 is 0 Å². The molecule has 2 heterocycles. The Hall–Kier alpha value is -2.22. The van der Waals surface area contributed by atoms with Crippen molar-refractivity contribution >= 4 is 29.5 Å². The molecule has 2 aliphatic rings. The first-order valence-electron chi connectivity index (χ1n) is 12.0. The fraction of sp³-hybridized carbons (Fsp3) is 0.640. The molecule has 8 heteroatoms. The predicted octanol–water partition coefficient (Wildman–Crippen LogP) is 3.91. The zero-order valence-corrected chi connectivity index (χ0v) is 20.7. The Morgan fingerprint density at radius 2 is 1.73 bits per heavy atom. The average Bonchev–Trinajstić information content (AvgIpc) is 3.06. The normalized spacial score (nSPS) is 22.9. The SMILES string of the molecule is CCCCCCCCCOC(=O)[C@@H]1N2C(=O)C(NC(=O)COc3ccccc3)[C@H]2SC1(C)C. The van der Waals surface area contributed by atoms with Gasteiger partial charge in [-0.15, -0.1) is 11.8 Å². The second-order valence-corrected chi connectivity index (χ2v) is 11.0. The minimum atomic E-state index is -0.651. The number of hydrogen-bond acceptors (Lipinski definition) is 6. The van der Waals surface area contributed by atoms with Crippen LogP contribution in [0.25, 0.3) is 0 Å². The van der Waals surface area contributed by atoms with Crippen LogP contribution in [0.3, 0.4) is 0 Å². The number of thioether (sulfide) groups is 1. The summed E-state index contributed by atoms with van der Waals surface area (Å²) in [6, 6.07) is 7.75. The Bertz CT molecular complexity index is 816. The lowest BCUT2D eigenvalue weighted by Crippen LogP contribution is -2.71. The van der Waals surface area contributed by atoms with Crippen LogP contribution in [-0.2, 0) is 19.1 Å². The second kappa shape index (κ2) is 11.8. The predicted molar refractivity (Wildman–Crippen MR) is 129 cm³/mol. The molecule has 2 amide bonds. The van der Waals surface area contributed by atoms with E-state index in [1.165, 1.54) is 37.4 Å². The van der Waals surface area contributed by atoms with Gasteiger partial charge in [0.05, 0.1) is 6.61 Å². The van der Waals surface area contributed by atoms with Crippen LogP contribution in [0, 0.1) is 0 Å². The first-order valence-corrected chi connectivity index (χ1v) is 12.9. The number of rotatable bonds is 13. The Kier molecular flexibility index (Phi) is 9.06. The fourth-order valence-corrected chi connectivity index (χ4v) is 5.94. The molecule has 0 bridgehead atoms. The van der Waals surface area contributed by atoms with E-state index in [9.17, 15) is 14.4 Å². The number of carbonyl (C=O) groups is 3.